The Morgan fingerprint density at radius 2 is 2.17 bits per heavy atom. The number of hydrogen-bond acceptors (Lipinski definition) is 5. The molecule has 102 valence electrons. The minimum Gasteiger partial charge on any atom is -0.384 e. The molecule has 6 heteroatoms. The number of piperidine rings is 1. The van der Waals surface area contributed by atoms with E-state index >= 15 is 0 Å². The molecule has 0 amide bonds. The number of hydrogen-bond donors (Lipinski definition) is 2. The molecule has 18 heavy (non-hydrogen) atoms. The van der Waals surface area contributed by atoms with Crippen LogP contribution >= 0.6 is 0 Å². The summed E-state index contributed by atoms with van der Waals surface area (Å²) >= 11 is 0. The normalized spacial score (nSPS) is 19.2. The molecule has 0 unspecified atom stereocenters. The van der Waals surface area contributed by atoms with Gasteiger partial charge in [-0.2, -0.15) is 4.98 Å². The van der Waals surface area contributed by atoms with Crippen LogP contribution in [0.3, 0.4) is 0 Å². The average Bonchev–Trinajstić information content (AvgIpc) is 2.86. The zero-order valence-corrected chi connectivity index (χ0v) is 11.3. The number of nitrogens with two attached hydrogens (primary N) is 1. The third kappa shape index (κ3) is 3.00. The van der Waals surface area contributed by atoms with Crippen molar-refractivity contribution < 1.29 is 4.74 Å². The molecular weight excluding hydrogens is 230 g/mol. The summed E-state index contributed by atoms with van der Waals surface area (Å²) in [6.07, 6.45) is 2.98. The molecule has 0 radical (unpaired) electrons. The zero-order valence-electron chi connectivity index (χ0n) is 11.3. The maximum absolute atomic E-state index is 5.81. The predicted molar refractivity (Wildman–Crippen MR) is 70.6 cm³/mol. The summed E-state index contributed by atoms with van der Waals surface area (Å²) in [5.41, 5.74) is 6.09. The van der Waals surface area contributed by atoms with Gasteiger partial charge in [0.25, 0.3) is 0 Å². The molecule has 1 aliphatic heterocycles. The molecule has 1 saturated heterocycles. The summed E-state index contributed by atoms with van der Waals surface area (Å²) in [7, 11) is 1.69. The Balaban J connectivity index is 1.91. The van der Waals surface area contributed by atoms with Gasteiger partial charge in [0.15, 0.2) is 0 Å². The molecule has 1 aromatic heterocycles. The van der Waals surface area contributed by atoms with Gasteiger partial charge in [-0.15, -0.1) is 5.10 Å². The van der Waals surface area contributed by atoms with E-state index in [2.05, 4.69) is 27.0 Å². The molecule has 0 spiro atoms. The van der Waals surface area contributed by atoms with Crippen LogP contribution in [0.5, 0.6) is 0 Å². The highest BCUT2D eigenvalue weighted by Gasteiger charge is 2.29. The van der Waals surface area contributed by atoms with Gasteiger partial charge in [-0.05, 0) is 24.8 Å². The number of nitrogens with zero attached hydrogens (tertiary/aromatic N) is 3. The summed E-state index contributed by atoms with van der Waals surface area (Å²) in [5.74, 6) is 1.69. The third-order valence-electron chi connectivity index (χ3n) is 3.81. The summed E-state index contributed by atoms with van der Waals surface area (Å²) in [6.45, 7) is 5.64. The van der Waals surface area contributed by atoms with Crippen LogP contribution < -0.4 is 10.6 Å². The molecule has 6 nitrogen and oxygen atoms in total. The molecular formula is C12H23N5O. The largest absolute Gasteiger partial charge is 0.384 e. The Morgan fingerprint density at radius 1 is 1.44 bits per heavy atom. The van der Waals surface area contributed by atoms with Gasteiger partial charge in [-0.1, -0.05) is 6.92 Å². The number of aromatic nitrogens is 3. The number of ether oxygens (including phenoxy) is 1. The van der Waals surface area contributed by atoms with Gasteiger partial charge < -0.3 is 15.4 Å². The van der Waals surface area contributed by atoms with Crippen molar-refractivity contribution in [3.05, 3.63) is 5.82 Å². The van der Waals surface area contributed by atoms with Crippen molar-refractivity contribution in [3.63, 3.8) is 0 Å². The highest BCUT2D eigenvalue weighted by atomic mass is 16.5. The number of anilines is 1. The number of nitrogens with one attached hydrogen (secondary N) is 1. The van der Waals surface area contributed by atoms with Crippen LogP contribution in [0.1, 0.15) is 25.6 Å². The average molecular weight is 253 g/mol. The first kappa shape index (κ1) is 13.3. The highest BCUT2D eigenvalue weighted by Crippen LogP contribution is 2.30. The summed E-state index contributed by atoms with van der Waals surface area (Å²) < 4.78 is 5.03. The fraction of sp³-hybridized carbons (Fsp3) is 0.833. The second kappa shape index (κ2) is 5.67. The molecule has 0 aliphatic carbocycles. The Hall–Kier alpha value is -1.14. The van der Waals surface area contributed by atoms with Gasteiger partial charge in [-0.3, -0.25) is 5.10 Å². The number of methoxy groups -OCH3 is 1. The molecule has 3 N–H and O–H groups in total. The lowest BCUT2D eigenvalue weighted by Gasteiger charge is -2.38. The third-order valence-corrected chi connectivity index (χ3v) is 3.81. The van der Waals surface area contributed by atoms with E-state index in [1.807, 2.05) is 0 Å². The van der Waals surface area contributed by atoms with E-state index in [9.17, 15) is 0 Å². The van der Waals surface area contributed by atoms with Crippen molar-refractivity contribution in [2.24, 2.45) is 11.1 Å². The van der Waals surface area contributed by atoms with Gasteiger partial charge in [0.2, 0.25) is 5.95 Å². The second-order valence-electron chi connectivity index (χ2n) is 5.33. The molecule has 1 fully saturated rings. The van der Waals surface area contributed by atoms with E-state index in [1.165, 1.54) is 0 Å². The van der Waals surface area contributed by atoms with E-state index in [-0.39, 0.29) is 5.41 Å². The van der Waals surface area contributed by atoms with E-state index in [0.29, 0.717) is 6.61 Å². The molecule has 0 aromatic carbocycles. The van der Waals surface area contributed by atoms with Crippen molar-refractivity contribution in [1.82, 2.24) is 15.2 Å². The van der Waals surface area contributed by atoms with E-state index in [4.69, 9.17) is 10.5 Å². The van der Waals surface area contributed by atoms with Crippen LogP contribution in [-0.2, 0) is 11.2 Å². The summed E-state index contributed by atoms with van der Waals surface area (Å²) in [6, 6.07) is 0. The van der Waals surface area contributed by atoms with E-state index in [0.717, 1.165) is 50.7 Å². The van der Waals surface area contributed by atoms with Crippen molar-refractivity contribution in [2.45, 2.75) is 26.2 Å². The number of H-pyrrole nitrogens is 1. The number of aromatic amines is 1. The number of rotatable bonds is 5. The van der Waals surface area contributed by atoms with Crippen LogP contribution in [0.4, 0.5) is 5.95 Å². The van der Waals surface area contributed by atoms with Crippen LogP contribution in [-0.4, -0.2) is 48.5 Å². The smallest absolute Gasteiger partial charge is 0.244 e. The lowest BCUT2D eigenvalue weighted by Crippen LogP contribution is -2.42. The molecule has 0 bridgehead atoms. The van der Waals surface area contributed by atoms with Crippen LogP contribution in [0.15, 0.2) is 0 Å². The fourth-order valence-corrected chi connectivity index (χ4v) is 2.19. The Labute approximate surface area is 108 Å². The minimum absolute atomic E-state index is 0.283. The van der Waals surface area contributed by atoms with Gasteiger partial charge in [0.05, 0.1) is 6.61 Å². The monoisotopic (exact) mass is 253 g/mol. The summed E-state index contributed by atoms with van der Waals surface area (Å²) in [4.78, 5) is 6.72. The van der Waals surface area contributed by atoms with Crippen molar-refractivity contribution >= 4 is 5.95 Å². The van der Waals surface area contributed by atoms with Crippen molar-refractivity contribution in [1.29, 1.82) is 0 Å². The lowest BCUT2D eigenvalue weighted by molar-refractivity contribution is 0.200. The van der Waals surface area contributed by atoms with Gasteiger partial charge in [0.1, 0.15) is 5.82 Å². The van der Waals surface area contributed by atoms with Crippen LogP contribution in [0, 0.1) is 5.41 Å². The molecule has 1 aromatic rings. The van der Waals surface area contributed by atoms with Crippen molar-refractivity contribution in [3.8, 4) is 0 Å². The first-order valence-corrected chi connectivity index (χ1v) is 6.52. The minimum atomic E-state index is 0.283. The van der Waals surface area contributed by atoms with E-state index < -0.39 is 0 Å². The van der Waals surface area contributed by atoms with E-state index in [1.54, 1.807) is 7.11 Å². The standard InChI is InChI=1S/C12H23N5O/c1-12(9-13)4-6-17(7-5-12)11-14-10(15-16-11)3-8-18-2/h3-9,13H2,1-2H3,(H,14,15,16). The molecule has 2 rings (SSSR count). The second-order valence-corrected chi connectivity index (χ2v) is 5.33. The van der Waals surface area contributed by atoms with Crippen LogP contribution in [0.2, 0.25) is 0 Å². The Morgan fingerprint density at radius 3 is 2.78 bits per heavy atom. The Bertz CT molecular complexity index is 370. The lowest BCUT2D eigenvalue weighted by atomic mass is 9.81. The zero-order chi connectivity index (χ0) is 13.0. The first-order chi connectivity index (χ1) is 8.67. The fourth-order valence-electron chi connectivity index (χ4n) is 2.19. The van der Waals surface area contributed by atoms with Gasteiger partial charge in [-0.25, -0.2) is 0 Å². The summed E-state index contributed by atoms with van der Waals surface area (Å²) in [5, 5.41) is 7.23. The Kier molecular flexibility index (Phi) is 4.19. The van der Waals surface area contributed by atoms with Gasteiger partial charge in [0, 0.05) is 26.6 Å². The molecule has 1 aliphatic rings. The molecule has 0 atom stereocenters. The topological polar surface area (TPSA) is 80.1 Å². The highest BCUT2D eigenvalue weighted by molar-refractivity contribution is 5.29. The van der Waals surface area contributed by atoms with Crippen molar-refractivity contribution in [2.75, 3.05) is 38.3 Å². The molecule has 2 heterocycles. The maximum Gasteiger partial charge on any atom is 0.244 e. The quantitative estimate of drug-likeness (QED) is 0.801. The first-order valence-electron chi connectivity index (χ1n) is 6.52. The molecule has 0 saturated carbocycles. The van der Waals surface area contributed by atoms with Crippen LogP contribution in [0.25, 0.3) is 0 Å². The SMILES string of the molecule is COCCc1nc(N2CCC(C)(CN)CC2)n[nH]1. The predicted octanol–water partition coefficient (Wildman–Crippen LogP) is 0.559. The maximum atomic E-state index is 5.81. The van der Waals surface area contributed by atoms with Gasteiger partial charge >= 0.3 is 0 Å².